The van der Waals surface area contributed by atoms with Gasteiger partial charge in [-0.2, -0.15) is 5.26 Å². The van der Waals surface area contributed by atoms with Gasteiger partial charge >= 0.3 is 0 Å². The van der Waals surface area contributed by atoms with Gasteiger partial charge < -0.3 is 10.1 Å². The molecule has 1 amide bonds. The van der Waals surface area contributed by atoms with E-state index in [-0.39, 0.29) is 17.8 Å². The predicted molar refractivity (Wildman–Crippen MR) is 126 cm³/mol. The van der Waals surface area contributed by atoms with Crippen molar-refractivity contribution >= 4 is 17.7 Å². The summed E-state index contributed by atoms with van der Waals surface area (Å²) in [6, 6.07) is 23.3. The molecule has 0 aliphatic carbocycles. The van der Waals surface area contributed by atoms with Gasteiger partial charge in [-0.1, -0.05) is 48.2 Å². The largest absolute Gasteiger partial charge is 0.379 e. The summed E-state index contributed by atoms with van der Waals surface area (Å²) < 4.78 is 19.0. The molecule has 1 atom stereocenters. The van der Waals surface area contributed by atoms with E-state index in [1.165, 1.54) is 23.9 Å². The van der Waals surface area contributed by atoms with Crippen LogP contribution in [0.2, 0.25) is 0 Å². The van der Waals surface area contributed by atoms with Gasteiger partial charge in [-0.3, -0.25) is 9.69 Å². The number of amides is 1. The van der Waals surface area contributed by atoms with E-state index < -0.39 is 0 Å². The SMILES string of the molecule is N#Cc1ccccc1Sc1ccccc1C(=O)NCC(c1ccc(F)cc1)N1CCOCC1. The van der Waals surface area contributed by atoms with E-state index in [1.807, 2.05) is 36.4 Å². The number of rotatable bonds is 7. The number of hydrogen-bond donors (Lipinski definition) is 1. The van der Waals surface area contributed by atoms with Gasteiger partial charge in [0.15, 0.2) is 0 Å². The summed E-state index contributed by atoms with van der Waals surface area (Å²) in [5.41, 5.74) is 2.07. The van der Waals surface area contributed by atoms with Crippen LogP contribution in [0.1, 0.15) is 27.5 Å². The summed E-state index contributed by atoms with van der Waals surface area (Å²) in [7, 11) is 0. The van der Waals surface area contributed by atoms with Crippen LogP contribution in [-0.4, -0.2) is 43.7 Å². The van der Waals surface area contributed by atoms with Crippen LogP contribution < -0.4 is 5.32 Å². The zero-order valence-corrected chi connectivity index (χ0v) is 18.9. The molecule has 5 nitrogen and oxygen atoms in total. The highest BCUT2D eigenvalue weighted by Gasteiger charge is 2.24. The van der Waals surface area contributed by atoms with Gasteiger partial charge in [0.25, 0.3) is 5.91 Å². The zero-order chi connectivity index (χ0) is 23.0. The number of nitrogens with zero attached hydrogens (tertiary/aromatic N) is 2. The average molecular weight is 462 g/mol. The van der Waals surface area contributed by atoms with E-state index in [0.717, 1.165) is 28.4 Å². The Hall–Kier alpha value is -3.18. The molecule has 3 aromatic carbocycles. The topological polar surface area (TPSA) is 65.4 Å². The second-order valence-corrected chi connectivity index (χ2v) is 8.72. The summed E-state index contributed by atoms with van der Waals surface area (Å²) in [5.74, 6) is -0.472. The van der Waals surface area contributed by atoms with Crippen LogP contribution in [0.5, 0.6) is 0 Å². The first kappa shape index (κ1) is 23.0. The van der Waals surface area contributed by atoms with E-state index in [9.17, 15) is 14.4 Å². The van der Waals surface area contributed by atoms with Crippen molar-refractivity contribution < 1.29 is 13.9 Å². The van der Waals surface area contributed by atoms with Crippen molar-refractivity contribution in [3.05, 3.63) is 95.3 Å². The quantitative estimate of drug-likeness (QED) is 0.555. The van der Waals surface area contributed by atoms with Crippen molar-refractivity contribution in [3.63, 3.8) is 0 Å². The number of nitrogens with one attached hydrogen (secondary N) is 1. The molecule has 1 aliphatic rings. The number of benzene rings is 3. The molecule has 3 aromatic rings. The monoisotopic (exact) mass is 461 g/mol. The number of morpholine rings is 1. The molecule has 1 heterocycles. The van der Waals surface area contributed by atoms with Crippen molar-refractivity contribution in [3.8, 4) is 6.07 Å². The third kappa shape index (κ3) is 5.79. The Morgan fingerprint density at radius 1 is 1.03 bits per heavy atom. The Morgan fingerprint density at radius 3 is 2.42 bits per heavy atom. The number of carbonyl (C=O) groups is 1. The van der Waals surface area contributed by atoms with Gasteiger partial charge in [0.05, 0.1) is 30.4 Å². The fourth-order valence-corrected chi connectivity index (χ4v) is 4.85. The maximum Gasteiger partial charge on any atom is 0.252 e. The van der Waals surface area contributed by atoms with Crippen molar-refractivity contribution in [2.45, 2.75) is 15.8 Å². The summed E-state index contributed by atoms with van der Waals surface area (Å²) in [6.07, 6.45) is 0. The molecular formula is C26H24FN3O2S. The molecule has 33 heavy (non-hydrogen) atoms. The number of carbonyl (C=O) groups excluding carboxylic acids is 1. The summed E-state index contributed by atoms with van der Waals surface area (Å²) in [5, 5.41) is 12.5. The molecule has 168 valence electrons. The zero-order valence-electron chi connectivity index (χ0n) is 18.0. The summed E-state index contributed by atoms with van der Waals surface area (Å²) >= 11 is 1.40. The molecule has 7 heteroatoms. The standard InChI is InChI=1S/C26H24FN3O2S/c27-21-11-9-19(10-12-21)23(30-13-15-32-16-14-30)18-29-26(31)22-6-2-4-8-25(22)33-24-7-3-1-5-20(24)17-28/h1-12,23H,13-16,18H2,(H,29,31). The fraction of sp³-hybridized carbons (Fsp3) is 0.231. The van der Waals surface area contributed by atoms with Gasteiger partial charge in [-0.05, 0) is 42.0 Å². The second-order valence-electron chi connectivity index (χ2n) is 7.63. The molecule has 4 rings (SSSR count). The Bertz CT molecular complexity index is 1140. The van der Waals surface area contributed by atoms with Crippen LogP contribution in [0.15, 0.2) is 82.6 Å². The molecule has 0 bridgehead atoms. The van der Waals surface area contributed by atoms with Crippen LogP contribution in [0, 0.1) is 17.1 Å². The maximum atomic E-state index is 13.5. The number of hydrogen-bond acceptors (Lipinski definition) is 5. The van der Waals surface area contributed by atoms with Crippen molar-refractivity contribution in [1.29, 1.82) is 5.26 Å². The van der Waals surface area contributed by atoms with Crippen LogP contribution in [0.3, 0.4) is 0 Å². The van der Waals surface area contributed by atoms with Gasteiger partial charge in [0, 0.05) is 29.4 Å². The Labute approximate surface area is 197 Å². The van der Waals surface area contributed by atoms with E-state index in [4.69, 9.17) is 4.74 Å². The van der Waals surface area contributed by atoms with Crippen LogP contribution in [0.4, 0.5) is 4.39 Å². The van der Waals surface area contributed by atoms with Gasteiger partial charge in [-0.25, -0.2) is 4.39 Å². The van der Waals surface area contributed by atoms with Gasteiger partial charge in [-0.15, -0.1) is 0 Å². The van der Waals surface area contributed by atoms with Crippen LogP contribution >= 0.6 is 11.8 Å². The third-order valence-electron chi connectivity index (χ3n) is 5.56. The lowest BCUT2D eigenvalue weighted by molar-refractivity contribution is 0.0162. The van der Waals surface area contributed by atoms with Crippen molar-refractivity contribution in [2.24, 2.45) is 0 Å². The normalized spacial score (nSPS) is 14.9. The molecular weight excluding hydrogens is 437 g/mol. The highest BCUT2D eigenvalue weighted by Crippen LogP contribution is 2.32. The molecule has 1 unspecified atom stereocenters. The minimum atomic E-state index is -0.285. The van der Waals surface area contributed by atoms with E-state index in [2.05, 4.69) is 16.3 Å². The fourth-order valence-electron chi connectivity index (χ4n) is 3.83. The number of ether oxygens (including phenoxy) is 1. The lowest BCUT2D eigenvalue weighted by Crippen LogP contribution is -2.43. The summed E-state index contributed by atoms with van der Waals surface area (Å²) in [6.45, 7) is 3.13. The van der Waals surface area contributed by atoms with Crippen LogP contribution in [0.25, 0.3) is 0 Å². The first-order chi connectivity index (χ1) is 16.2. The number of halogens is 1. The smallest absolute Gasteiger partial charge is 0.252 e. The minimum Gasteiger partial charge on any atom is -0.379 e. The van der Waals surface area contributed by atoms with E-state index in [1.54, 1.807) is 24.3 Å². The van der Waals surface area contributed by atoms with Crippen LogP contribution in [-0.2, 0) is 4.74 Å². The number of nitriles is 1. The second kappa shape index (κ2) is 11.1. The molecule has 0 radical (unpaired) electrons. The Balaban J connectivity index is 1.52. The van der Waals surface area contributed by atoms with Gasteiger partial charge in [0.2, 0.25) is 0 Å². The van der Waals surface area contributed by atoms with E-state index in [0.29, 0.717) is 30.9 Å². The summed E-state index contributed by atoms with van der Waals surface area (Å²) in [4.78, 5) is 17.0. The first-order valence-electron chi connectivity index (χ1n) is 10.8. The molecule has 0 saturated carbocycles. The van der Waals surface area contributed by atoms with Crippen molar-refractivity contribution in [1.82, 2.24) is 10.2 Å². The Morgan fingerprint density at radius 2 is 1.70 bits per heavy atom. The third-order valence-corrected chi connectivity index (χ3v) is 6.71. The lowest BCUT2D eigenvalue weighted by atomic mass is 10.0. The molecule has 0 aromatic heterocycles. The van der Waals surface area contributed by atoms with Crippen molar-refractivity contribution in [2.75, 3.05) is 32.8 Å². The molecule has 1 saturated heterocycles. The predicted octanol–water partition coefficient (Wildman–Crippen LogP) is 4.65. The highest BCUT2D eigenvalue weighted by molar-refractivity contribution is 7.99. The Kier molecular flexibility index (Phi) is 7.74. The first-order valence-corrected chi connectivity index (χ1v) is 11.6. The average Bonchev–Trinajstić information content (AvgIpc) is 2.86. The molecule has 0 spiro atoms. The maximum absolute atomic E-state index is 13.5. The lowest BCUT2D eigenvalue weighted by Gasteiger charge is -2.35. The molecule has 1 aliphatic heterocycles. The highest BCUT2D eigenvalue weighted by atomic mass is 32.2. The van der Waals surface area contributed by atoms with Gasteiger partial charge in [0.1, 0.15) is 11.9 Å². The van der Waals surface area contributed by atoms with E-state index >= 15 is 0 Å². The molecule has 1 fully saturated rings. The minimum absolute atomic E-state index is 0.0856. The molecule has 1 N–H and O–H groups in total.